The fourth-order valence-electron chi connectivity index (χ4n) is 5.81. The Bertz CT molecular complexity index is 1580. The molecule has 4 aromatic rings. The normalized spacial score (nSPS) is 16.3. The fourth-order valence-corrected chi connectivity index (χ4v) is 6.79. The highest BCUT2D eigenvalue weighted by Crippen LogP contribution is 2.34. The second-order valence-electron chi connectivity index (χ2n) is 11.1. The molecule has 0 spiro atoms. The van der Waals surface area contributed by atoms with E-state index in [2.05, 4.69) is 77.3 Å². The van der Waals surface area contributed by atoms with Crippen molar-refractivity contribution in [3.63, 3.8) is 0 Å². The number of benzene rings is 3. The molecule has 212 valence electrons. The third kappa shape index (κ3) is 5.67. The van der Waals surface area contributed by atoms with Crippen LogP contribution >= 0.6 is 11.3 Å². The van der Waals surface area contributed by atoms with Gasteiger partial charge in [-0.3, -0.25) is 9.59 Å². The number of likely N-dealkylation sites (N-methyl/N-ethyl adjacent to an activating group) is 1. The lowest BCUT2D eigenvalue weighted by molar-refractivity contribution is 0.0746. The van der Waals surface area contributed by atoms with Crippen LogP contribution in [0.3, 0.4) is 0 Å². The van der Waals surface area contributed by atoms with Gasteiger partial charge < -0.3 is 24.9 Å². The van der Waals surface area contributed by atoms with Crippen molar-refractivity contribution >= 4 is 50.3 Å². The third-order valence-electron chi connectivity index (χ3n) is 8.46. The van der Waals surface area contributed by atoms with Gasteiger partial charge in [0.25, 0.3) is 11.8 Å². The number of nitrogens with one attached hydrogen (secondary N) is 1. The van der Waals surface area contributed by atoms with E-state index in [9.17, 15) is 9.59 Å². The van der Waals surface area contributed by atoms with Crippen LogP contribution in [0.5, 0.6) is 0 Å². The molecule has 2 aliphatic rings. The highest BCUT2D eigenvalue weighted by molar-refractivity contribution is 7.21. The van der Waals surface area contributed by atoms with E-state index in [1.54, 1.807) is 6.07 Å². The first-order valence-corrected chi connectivity index (χ1v) is 15.2. The molecule has 8 heteroatoms. The molecule has 1 aromatic heterocycles. The number of aryl methyl sites for hydroxylation is 1. The molecule has 0 unspecified atom stereocenters. The summed E-state index contributed by atoms with van der Waals surface area (Å²) in [5.74, 6) is -0.150. The molecule has 0 bridgehead atoms. The van der Waals surface area contributed by atoms with Crippen LogP contribution < -0.4 is 15.1 Å². The van der Waals surface area contributed by atoms with Crippen LogP contribution in [0.1, 0.15) is 31.2 Å². The minimum absolute atomic E-state index is 0.000364. The van der Waals surface area contributed by atoms with Gasteiger partial charge in [-0.05, 0) is 74.5 Å². The van der Waals surface area contributed by atoms with Gasteiger partial charge in [-0.15, -0.1) is 11.3 Å². The zero-order valence-electron chi connectivity index (χ0n) is 24.0. The first kappa shape index (κ1) is 27.3. The van der Waals surface area contributed by atoms with E-state index in [4.69, 9.17) is 0 Å². The van der Waals surface area contributed by atoms with E-state index in [0.717, 1.165) is 49.4 Å². The van der Waals surface area contributed by atoms with Crippen LogP contribution in [-0.2, 0) is 0 Å². The summed E-state index contributed by atoms with van der Waals surface area (Å²) in [4.78, 5) is 36.4. The van der Waals surface area contributed by atoms with E-state index in [0.29, 0.717) is 29.2 Å². The number of thiophene rings is 1. The predicted molar refractivity (Wildman–Crippen MR) is 170 cm³/mol. The van der Waals surface area contributed by atoms with Crippen LogP contribution in [0, 0.1) is 13.8 Å². The van der Waals surface area contributed by atoms with Crippen molar-refractivity contribution in [2.24, 2.45) is 0 Å². The maximum absolute atomic E-state index is 13.4. The molecule has 7 nitrogen and oxygen atoms in total. The van der Waals surface area contributed by atoms with Crippen LogP contribution in [0.15, 0.2) is 66.7 Å². The van der Waals surface area contributed by atoms with E-state index >= 15 is 0 Å². The van der Waals surface area contributed by atoms with Gasteiger partial charge in [0.2, 0.25) is 0 Å². The Hall–Kier alpha value is -3.88. The monoisotopic (exact) mass is 567 g/mol. The van der Waals surface area contributed by atoms with Crippen LogP contribution in [-0.4, -0.2) is 81.0 Å². The van der Waals surface area contributed by atoms with Gasteiger partial charge in [0, 0.05) is 85.1 Å². The molecule has 2 saturated heterocycles. The summed E-state index contributed by atoms with van der Waals surface area (Å²) >= 11 is 1.51. The summed E-state index contributed by atoms with van der Waals surface area (Å²) in [6.07, 6.45) is 0. The number of nitrogens with zero attached hydrogens (tertiary/aromatic N) is 4. The number of fused-ring (bicyclic) bond motifs is 1. The highest BCUT2D eigenvalue weighted by Gasteiger charge is 2.24. The Morgan fingerprint density at radius 2 is 1.41 bits per heavy atom. The molecule has 3 heterocycles. The Balaban J connectivity index is 1.12. The molecular weight excluding hydrogens is 530 g/mol. The van der Waals surface area contributed by atoms with Crippen LogP contribution in [0.25, 0.3) is 10.1 Å². The van der Waals surface area contributed by atoms with Gasteiger partial charge in [0.1, 0.15) is 0 Å². The molecule has 0 atom stereocenters. The van der Waals surface area contributed by atoms with Gasteiger partial charge >= 0.3 is 0 Å². The topological polar surface area (TPSA) is 59.1 Å². The number of piperazine rings is 2. The summed E-state index contributed by atoms with van der Waals surface area (Å²) in [6, 6.07) is 22.0. The molecule has 2 amide bonds. The first-order valence-electron chi connectivity index (χ1n) is 14.4. The minimum Gasteiger partial charge on any atom is -0.368 e. The maximum atomic E-state index is 13.4. The summed E-state index contributed by atoms with van der Waals surface area (Å²) < 4.78 is 1.11. The average Bonchev–Trinajstić information content (AvgIpc) is 3.44. The number of anilines is 3. The molecule has 2 aliphatic heterocycles. The molecule has 1 N–H and O–H groups in total. The SMILES string of the molecule is Cc1cccc(N2CCN(C(=O)c3cccc(NC(=O)c4cc5c(N6CCN(C)CC6)cccc5s4)c3)CC2)c1C. The van der Waals surface area contributed by atoms with Crippen molar-refractivity contribution in [1.29, 1.82) is 0 Å². The van der Waals surface area contributed by atoms with Gasteiger partial charge in [-0.25, -0.2) is 0 Å². The Kier molecular flexibility index (Phi) is 7.69. The summed E-state index contributed by atoms with van der Waals surface area (Å²) in [5, 5.41) is 4.16. The average molecular weight is 568 g/mol. The number of amides is 2. The molecule has 41 heavy (non-hydrogen) atoms. The number of hydrogen-bond donors (Lipinski definition) is 1. The quantitative estimate of drug-likeness (QED) is 0.346. The fraction of sp³-hybridized carbons (Fsp3) is 0.333. The summed E-state index contributed by atoms with van der Waals surface area (Å²) in [7, 11) is 2.15. The maximum Gasteiger partial charge on any atom is 0.265 e. The largest absolute Gasteiger partial charge is 0.368 e. The molecular formula is C33H37N5O2S. The second kappa shape index (κ2) is 11.5. The number of hydrogen-bond acceptors (Lipinski definition) is 6. The lowest BCUT2D eigenvalue weighted by Gasteiger charge is -2.37. The number of carbonyl (C=O) groups is 2. The Labute approximate surface area is 246 Å². The van der Waals surface area contributed by atoms with Gasteiger partial charge in [-0.2, -0.15) is 0 Å². The summed E-state index contributed by atoms with van der Waals surface area (Å²) in [6.45, 7) is 11.3. The van der Waals surface area contributed by atoms with Crippen LogP contribution in [0.4, 0.5) is 17.1 Å². The van der Waals surface area contributed by atoms with E-state index in [-0.39, 0.29) is 11.8 Å². The predicted octanol–water partition coefficient (Wildman–Crippen LogP) is 5.48. The molecule has 0 saturated carbocycles. The minimum atomic E-state index is -0.151. The number of carbonyl (C=O) groups excluding carboxylic acids is 2. The van der Waals surface area contributed by atoms with Crippen molar-refractivity contribution in [2.75, 3.05) is 74.5 Å². The van der Waals surface area contributed by atoms with Gasteiger partial charge in [-0.1, -0.05) is 24.3 Å². The van der Waals surface area contributed by atoms with E-state index < -0.39 is 0 Å². The highest BCUT2D eigenvalue weighted by atomic mass is 32.1. The van der Waals surface area contributed by atoms with Crippen molar-refractivity contribution < 1.29 is 9.59 Å². The molecule has 6 rings (SSSR count). The molecule has 0 radical (unpaired) electrons. The Morgan fingerprint density at radius 1 is 0.756 bits per heavy atom. The number of rotatable bonds is 5. The van der Waals surface area contributed by atoms with E-state index in [1.165, 1.54) is 33.8 Å². The molecule has 3 aromatic carbocycles. The zero-order chi connectivity index (χ0) is 28.5. The van der Waals surface area contributed by atoms with Crippen molar-refractivity contribution in [3.05, 3.63) is 88.3 Å². The molecule has 2 fully saturated rings. The van der Waals surface area contributed by atoms with E-state index in [1.807, 2.05) is 29.2 Å². The van der Waals surface area contributed by atoms with Crippen LogP contribution in [0.2, 0.25) is 0 Å². The lowest BCUT2D eigenvalue weighted by Crippen LogP contribution is -2.49. The second-order valence-corrected chi connectivity index (χ2v) is 12.2. The van der Waals surface area contributed by atoms with Crippen molar-refractivity contribution in [3.8, 4) is 0 Å². The Morgan fingerprint density at radius 3 is 2.20 bits per heavy atom. The molecule has 0 aliphatic carbocycles. The first-order chi connectivity index (χ1) is 19.9. The smallest absolute Gasteiger partial charge is 0.265 e. The van der Waals surface area contributed by atoms with Gasteiger partial charge in [0.15, 0.2) is 0 Å². The van der Waals surface area contributed by atoms with Gasteiger partial charge in [0.05, 0.1) is 4.88 Å². The lowest BCUT2D eigenvalue weighted by atomic mass is 10.1. The zero-order valence-corrected chi connectivity index (χ0v) is 24.8. The van der Waals surface area contributed by atoms with Crippen molar-refractivity contribution in [2.45, 2.75) is 13.8 Å². The third-order valence-corrected chi connectivity index (χ3v) is 9.56. The van der Waals surface area contributed by atoms with Crippen molar-refractivity contribution in [1.82, 2.24) is 9.80 Å². The summed E-state index contributed by atoms with van der Waals surface area (Å²) in [5.41, 5.74) is 6.24. The standard InChI is InChI=1S/C33H37N5O2S/c1-23-7-4-10-28(24(23)2)36-17-19-38(20-18-36)33(40)25-8-5-9-26(21-25)34-32(39)31-22-27-29(11-6-12-30(27)41-31)37-15-13-35(3)14-16-37/h4-12,21-22H,13-20H2,1-3H3,(H,34,39).